The summed E-state index contributed by atoms with van der Waals surface area (Å²) in [6, 6.07) is 8.81. The van der Waals surface area contributed by atoms with Gasteiger partial charge in [0.2, 0.25) is 0 Å². The van der Waals surface area contributed by atoms with Crippen LogP contribution >= 0.6 is 0 Å². The van der Waals surface area contributed by atoms with Gasteiger partial charge in [-0.1, -0.05) is 18.2 Å². The highest BCUT2D eigenvalue weighted by Crippen LogP contribution is 2.20. The summed E-state index contributed by atoms with van der Waals surface area (Å²) >= 11 is 0. The van der Waals surface area contributed by atoms with Gasteiger partial charge in [-0.25, -0.2) is 4.79 Å². The molecule has 0 N–H and O–H groups in total. The molecule has 0 amide bonds. The molecule has 0 aromatic heterocycles. The summed E-state index contributed by atoms with van der Waals surface area (Å²) in [4.78, 5) is 11.4. The molecule has 0 unspecified atom stereocenters. The zero-order valence-electron chi connectivity index (χ0n) is 10.2. The first-order valence-corrected chi connectivity index (χ1v) is 5.82. The molecule has 0 aliphatic carbocycles. The summed E-state index contributed by atoms with van der Waals surface area (Å²) in [7, 11) is 1.59. The van der Waals surface area contributed by atoms with Gasteiger partial charge in [0.15, 0.2) is 6.29 Å². The Morgan fingerprint density at radius 2 is 2.17 bits per heavy atom. The maximum absolute atomic E-state index is 11.4. The molecule has 5 heteroatoms. The second-order valence-corrected chi connectivity index (χ2v) is 4.08. The first kappa shape index (κ1) is 12.9. The van der Waals surface area contributed by atoms with Gasteiger partial charge in [-0.15, -0.1) is 0 Å². The molecule has 0 spiro atoms. The van der Waals surface area contributed by atoms with Gasteiger partial charge in [-0.05, 0) is 12.1 Å². The third-order valence-corrected chi connectivity index (χ3v) is 2.69. The van der Waals surface area contributed by atoms with E-state index >= 15 is 0 Å². The quantitative estimate of drug-likeness (QED) is 0.607. The molecule has 0 radical (unpaired) electrons. The molecule has 1 aliphatic rings. The third kappa shape index (κ3) is 3.72. The molecule has 1 aliphatic heterocycles. The van der Waals surface area contributed by atoms with Crippen LogP contribution in [0.3, 0.4) is 0 Å². The van der Waals surface area contributed by atoms with Crippen molar-refractivity contribution in [3.8, 4) is 5.75 Å². The van der Waals surface area contributed by atoms with Gasteiger partial charge in [0.05, 0.1) is 6.61 Å². The van der Waals surface area contributed by atoms with Crippen LogP contribution in [0.1, 0.15) is 6.42 Å². The van der Waals surface area contributed by atoms with Gasteiger partial charge in [0.25, 0.3) is 0 Å². The fourth-order valence-corrected chi connectivity index (χ4v) is 1.73. The minimum Gasteiger partial charge on any atom is -0.434 e. The minimum atomic E-state index is -0.693. The molecule has 1 saturated heterocycles. The average Bonchev–Trinajstić information content (AvgIpc) is 2.85. The molecule has 1 aromatic rings. The van der Waals surface area contributed by atoms with Gasteiger partial charge in [0, 0.05) is 19.4 Å². The maximum Gasteiger partial charge on any atom is 0.513 e. The Bertz CT molecular complexity index is 378. The van der Waals surface area contributed by atoms with E-state index in [1.54, 1.807) is 31.4 Å². The van der Waals surface area contributed by atoms with Gasteiger partial charge in [-0.3, -0.25) is 0 Å². The van der Waals surface area contributed by atoms with Gasteiger partial charge in [0.1, 0.15) is 12.4 Å². The van der Waals surface area contributed by atoms with E-state index in [0.717, 1.165) is 6.42 Å². The number of carbonyl (C=O) groups is 1. The van der Waals surface area contributed by atoms with E-state index in [0.29, 0.717) is 12.4 Å². The third-order valence-electron chi connectivity index (χ3n) is 2.69. The topological polar surface area (TPSA) is 54.0 Å². The highest BCUT2D eigenvalue weighted by atomic mass is 16.7. The van der Waals surface area contributed by atoms with Crippen LogP contribution in [0, 0.1) is 5.92 Å². The van der Waals surface area contributed by atoms with Crippen LogP contribution in [0.15, 0.2) is 30.3 Å². The molecular weight excluding hydrogens is 236 g/mol. The van der Waals surface area contributed by atoms with Crippen LogP contribution in [0.5, 0.6) is 5.75 Å². The van der Waals surface area contributed by atoms with Crippen molar-refractivity contribution in [1.82, 2.24) is 0 Å². The molecule has 1 fully saturated rings. The Hall–Kier alpha value is -1.59. The highest BCUT2D eigenvalue weighted by Gasteiger charge is 2.26. The van der Waals surface area contributed by atoms with E-state index < -0.39 is 6.16 Å². The van der Waals surface area contributed by atoms with E-state index in [-0.39, 0.29) is 18.8 Å². The maximum atomic E-state index is 11.4. The van der Waals surface area contributed by atoms with Crippen molar-refractivity contribution >= 4 is 6.16 Å². The Balaban J connectivity index is 1.69. The van der Waals surface area contributed by atoms with Crippen LogP contribution in [-0.4, -0.2) is 32.8 Å². The van der Waals surface area contributed by atoms with Crippen LogP contribution in [-0.2, 0) is 14.2 Å². The second-order valence-electron chi connectivity index (χ2n) is 4.08. The molecule has 1 heterocycles. The Morgan fingerprint density at radius 3 is 2.83 bits per heavy atom. The lowest BCUT2D eigenvalue weighted by Crippen LogP contribution is -2.17. The second kappa shape index (κ2) is 6.37. The van der Waals surface area contributed by atoms with Crippen molar-refractivity contribution in [2.24, 2.45) is 5.92 Å². The van der Waals surface area contributed by atoms with Crippen LogP contribution < -0.4 is 4.74 Å². The highest BCUT2D eigenvalue weighted by molar-refractivity contribution is 5.63. The fraction of sp³-hybridized carbons (Fsp3) is 0.462. The predicted octanol–water partition coefficient (Wildman–Crippen LogP) is 2.21. The molecular formula is C13H16O5. The summed E-state index contributed by atoms with van der Waals surface area (Å²) in [5.41, 5.74) is 0. The van der Waals surface area contributed by atoms with Crippen LogP contribution in [0.25, 0.3) is 0 Å². The Labute approximate surface area is 106 Å². The van der Waals surface area contributed by atoms with Gasteiger partial charge < -0.3 is 18.9 Å². The first-order valence-electron chi connectivity index (χ1n) is 5.82. The van der Waals surface area contributed by atoms with Crippen molar-refractivity contribution in [3.05, 3.63) is 30.3 Å². The molecule has 1 aromatic carbocycles. The fourth-order valence-electron chi connectivity index (χ4n) is 1.73. The monoisotopic (exact) mass is 252 g/mol. The largest absolute Gasteiger partial charge is 0.513 e. The van der Waals surface area contributed by atoms with E-state index in [9.17, 15) is 4.79 Å². The van der Waals surface area contributed by atoms with Crippen molar-refractivity contribution in [1.29, 1.82) is 0 Å². The van der Waals surface area contributed by atoms with Crippen LogP contribution in [0.2, 0.25) is 0 Å². The lowest BCUT2D eigenvalue weighted by Gasteiger charge is -2.09. The number of methoxy groups -OCH3 is 1. The Kier molecular flexibility index (Phi) is 4.55. The number of hydrogen-bond acceptors (Lipinski definition) is 5. The summed E-state index contributed by atoms with van der Waals surface area (Å²) in [6.45, 7) is 0.822. The standard InChI is InChI=1S/C13H16O5/c1-15-12-7-10(8-16-12)9-17-13(14)18-11-5-3-2-4-6-11/h2-6,10,12H,7-9H2,1H3/t10-,12+/m1/s1. The minimum absolute atomic E-state index is 0.165. The zero-order chi connectivity index (χ0) is 12.8. The summed E-state index contributed by atoms with van der Waals surface area (Å²) in [6.07, 6.45) is -0.152. The first-order chi connectivity index (χ1) is 8.78. The number of hydrogen-bond donors (Lipinski definition) is 0. The molecule has 2 atom stereocenters. The van der Waals surface area contributed by atoms with E-state index in [1.165, 1.54) is 0 Å². The summed E-state index contributed by atoms with van der Waals surface area (Å²) < 4.78 is 20.4. The molecule has 5 nitrogen and oxygen atoms in total. The molecule has 0 saturated carbocycles. The van der Waals surface area contributed by atoms with E-state index in [2.05, 4.69) is 0 Å². The number of carbonyl (C=O) groups excluding carboxylic acids is 1. The van der Waals surface area contributed by atoms with Crippen molar-refractivity contribution in [2.75, 3.05) is 20.3 Å². The van der Waals surface area contributed by atoms with Gasteiger partial charge in [-0.2, -0.15) is 0 Å². The SMILES string of the molecule is CO[C@@H]1C[C@@H](COC(=O)Oc2ccccc2)CO1. The lowest BCUT2D eigenvalue weighted by atomic mass is 10.1. The predicted molar refractivity (Wildman–Crippen MR) is 63.3 cm³/mol. The zero-order valence-corrected chi connectivity index (χ0v) is 10.2. The van der Waals surface area contributed by atoms with E-state index in [4.69, 9.17) is 18.9 Å². The smallest absolute Gasteiger partial charge is 0.434 e. The molecule has 98 valence electrons. The number of para-hydroxylation sites is 1. The van der Waals surface area contributed by atoms with Crippen molar-refractivity contribution in [2.45, 2.75) is 12.7 Å². The molecule has 0 bridgehead atoms. The number of ether oxygens (including phenoxy) is 4. The lowest BCUT2D eigenvalue weighted by molar-refractivity contribution is -0.0881. The Morgan fingerprint density at radius 1 is 1.39 bits per heavy atom. The van der Waals surface area contributed by atoms with E-state index in [1.807, 2.05) is 6.07 Å². The normalized spacial score (nSPS) is 22.7. The van der Waals surface area contributed by atoms with Crippen molar-refractivity contribution < 1.29 is 23.7 Å². The van der Waals surface area contributed by atoms with Crippen molar-refractivity contribution in [3.63, 3.8) is 0 Å². The number of benzene rings is 1. The van der Waals surface area contributed by atoms with Crippen LogP contribution in [0.4, 0.5) is 4.79 Å². The molecule has 2 rings (SSSR count). The summed E-state index contributed by atoms with van der Waals surface area (Å²) in [5.74, 6) is 0.637. The average molecular weight is 252 g/mol. The summed E-state index contributed by atoms with van der Waals surface area (Å²) in [5, 5.41) is 0. The van der Waals surface area contributed by atoms with Gasteiger partial charge >= 0.3 is 6.16 Å². The molecule has 18 heavy (non-hydrogen) atoms. The number of rotatable bonds is 4.